The highest BCUT2D eigenvalue weighted by Gasteiger charge is 2.19. The Balaban J connectivity index is 3.70. The predicted octanol–water partition coefficient (Wildman–Crippen LogP) is 2.80. The Morgan fingerprint density at radius 1 is 1.29 bits per heavy atom. The first-order chi connectivity index (χ1) is 7.99. The highest BCUT2D eigenvalue weighted by molar-refractivity contribution is 5.71. The molecule has 100 valence electrons. The molecule has 0 radical (unpaired) electrons. The van der Waals surface area contributed by atoms with Gasteiger partial charge in [0.15, 0.2) is 0 Å². The van der Waals surface area contributed by atoms with Crippen molar-refractivity contribution in [2.45, 2.75) is 58.9 Å². The molecule has 17 heavy (non-hydrogen) atoms. The number of ether oxygens (including phenoxy) is 1. The molecule has 0 aliphatic rings. The highest BCUT2D eigenvalue weighted by Crippen LogP contribution is 2.11. The van der Waals surface area contributed by atoms with Crippen molar-refractivity contribution in [2.24, 2.45) is 5.92 Å². The summed E-state index contributed by atoms with van der Waals surface area (Å²) in [4.78, 5) is 21.6. The van der Waals surface area contributed by atoms with Crippen LogP contribution in [0, 0.1) is 16.0 Å². The summed E-state index contributed by atoms with van der Waals surface area (Å²) in [6.45, 7) is 5.86. The van der Waals surface area contributed by atoms with Crippen molar-refractivity contribution >= 4 is 5.97 Å². The number of nitrogens with zero attached hydrogens (tertiary/aromatic N) is 1. The molecule has 0 aromatic rings. The number of unbranched alkanes of at least 4 members (excludes halogenated alkanes) is 2. The lowest BCUT2D eigenvalue weighted by Gasteiger charge is -2.11. The average Bonchev–Trinajstić information content (AvgIpc) is 2.30. The maximum Gasteiger partial charge on any atom is 0.308 e. The number of rotatable bonds is 9. The molecule has 0 bridgehead atoms. The van der Waals surface area contributed by atoms with Crippen molar-refractivity contribution < 1.29 is 14.5 Å². The molecule has 0 spiro atoms. The minimum absolute atomic E-state index is 0.239. The summed E-state index contributed by atoms with van der Waals surface area (Å²) < 4.78 is 5.09. The number of hydrogen-bond acceptors (Lipinski definition) is 4. The summed E-state index contributed by atoms with van der Waals surface area (Å²) >= 11 is 0. The fourth-order valence-corrected chi connectivity index (χ4v) is 1.38. The average molecular weight is 245 g/mol. The summed E-state index contributed by atoms with van der Waals surface area (Å²) in [6.07, 6.45) is 3.96. The SMILES string of the molecule is CCCCCOC(=O)[C@@H](C)CC[C@H](C)[N+](=O)[O-]. The van der Waals surface area contributed by atoms with Crippen LogP contribution in [0.1, 0.15) is 52.9 Å². The zero-order valence-corrected chi connectivity index (χ0v) is 11.0. The van der Waals surface area contributed by atoms with Crippen LogP contribution < -0.4 is 0 Å². The standard InChI is InChI=1S/C12H23NO4/c1-4-5-6-9-17-12(14)10(2)7-8-11(3)13(15)16/h10-11H,4-9H2,1-3H3/t10-,11-/m0/s1. The maximum absolute atomic E-state index is 11.5. The van der Waals surface area contributed by atoms with E-state index in [-0.39, 0.29) is 16.8 Å². The van der Waals surface area contributed by atoms with Gasteiger partial charge in [0.1, 0.15) is 0 Å². The molecule has 0 unspecified atom stereocenters. The lowest BCUT2D eigenvalue weighted by molar-refractivity contribution is -0.519. The van der Waals surface area contributed by atoms with Crippen LogP contribution in [0.25, 0.3) is 0 Å². The molecule has 0 aliphatic carbocycles. The number of hydrogen-bond donors (Lipinski definition) is 0. The van der Waals surface area contributed by atoms with E-state index in [9.17, 15) is 14.9 Å². The zero-order chi connectivity index (χ0) is 13.3. The fraction of sp³-hybridized carbons (Fsp3) is 0.917. The van der Waals surface area contributed by atoms with Gasteiger partial charge in [-0.25, -0.2) is 0 Å². The smallest absolute Gasteiger partial charge is 0.308 e. The summed E-state index contributed by atoms with van der Waals surface area (Å²) in [5.41, 5.74) is 0. The Kier molecular flexibility index (Phi) is 8.36. The Bertz CT molecular complexity index is 243. The highest BCUT2D eigenvalue weighted by atomic mass is 16.6. The second kappa shape index (κ2) is 8.96. The first kappa shape index (κ1) is 15.9. The van der Waals surface area contributed by atoms with Gasteiger partial charge >= 0.3 is 5.97 Å². The van der Waals surface area contributed by atoms with E-state index >= 15 is 0 Å². The van der Waals surface area contributed by atoms with E-state index < -0.39 is 6.04 Å². The largest absolute Gasteiger partial charge is 0.465 e. The van der Waals surface area contributed by atoms with Gasteiger partial charge in [0, 0.05) is 18.3 Å². The third-order valence-electron chi connectivity index (χ3n) is 2.77. The fourth-order valence-electron chi connectivity index (χ4n) is 1.38. The van der Waals surface area contributed by atoms with Crippen LogP contribution >= 0.6 is 0 Å². The minimum atomic E-state index is -0.592. The topological polar surface area (TPSA) is 69.4 Å². The van der Waals surface area contributed by atoms with Gasteiger partial charge in [-0.15, -0.1) is 0 Å². The second-order valence-corrected chi connectivity index (χ2v) is 4.49. The van der Waals surface area contributed by atoms with Crippen LogP contribution in [0.5, 0.6) is 0 Å². The zero-order valence-electron chi connectivity index (χ0n) is 11.0. The van der Waals surface area contributed by atoms with Crippen molar-refractivity contribution in [1.29, 1.82) is 0 Å². The quantitative estimate of drug-likeness (QED) is 0.271. The van der Waals surface area contributed by atoms with Gasteiger partial charge in [-0.1, -0.05) is 26.7 Å². The molecule has 0 saturated heterocycles. The first-order valence-electron chi connectivity index (χ1n) is 6.29. The summed E-state index contributed by atoms with van der Waals surface area (Å²) in [6, 6.07) is -0.592. The van der Waals surface area contributed by atoms with Crippen LogP contribution in [0.3, 0.4) is 0 Å². The van der Waals surface area contributed by atoms with Crippen LogP contribution in [0.15, 0.2) is 0 Å². The molecule has 0 fully saturated rings. The molecule has 5 nitrogen and oxygen atoms in total. The van der Waals surface area contributed by atoms with E-state index in [1.165, 1.54) is 0 Å². The van der Waals surface area contributed by atoms with E-state index in [2.05, 4.69) is 6.92 Å². The molecule has 0 aromatic heterocycles. The maximum atomic E-state index is 11.5. The molecular weight excluding hydrogens is 222 g/mol. The van der Waals surface area contributed by atoms with Crippen molar-refractivity contribution in [2.75, 3.05) is 6.61 Å². The molecule has 0 aliphatic heterocycles. The van der Waals surface area contributed by atoms with Crippen molar-refractivity contribution in [3.8, 4) is 0 Å². The van der Waals surface area contributed by atoms with E-state index in [1.54, 1.807) is 13.8 Å². The molecular formula is C12H23NO4. The summed E-state index contributed by atoms with van der Waals surface area (Å²) in [5.74, 6) is -0.490. The molecule has 0 rings (SSSR count). The third kappa shape index (κ3) is 7.71. The summed E-state index contributed by atoms with van der Waals surface area (Å²) in [7, 11) is 0. The van der Waals surface area contributed by atoms with Crippen molar-refractivity contribution in [3.63, 3.8) is 0 Å². The Labute approximate surface area is 103 Å². The van der Waals surface area contributed by atoms with Gasteiger partial charge in [0.25, 0.3) is 0 Å². The predicted molar refractivity (Wildman–Crippen MR) is 65.3 cm³/mol. The number of esters is 1. The van der Waals surface area contributed by atoms with Crippen LogP contribution in [0.2, 0.25) is 0 Å². The Morgan fingerprint density at radius 2 is 1.94 bits per heavy atom. The normalized spacial score (nSPS) is 14.1. The van der Waals surface area contributed by atoms with Gasteiger partial charge < -0.3 is 4.74 Å². The molecule has 0 N–H and O–H groups in total. The van der Waals surface area contributed by atoms with E-state index in [4.69, 9.17) is 4.74 Å². The molecule has 0 saturated carbocycles. The van der Waals surface area contributed by atoms with Gasteiger partial charge in [0.2, 0.25) is 6.04 Å². The lowest BCUT2D eigenvalue weighted by Crippen LogP contribution is -2.20. The van der Waals surface area contributed by atoms with Crippen molar-refractivity contribution in [3.05, 3.63) is 10.1 Å². The number of carbonyl (C=O) groups is 1. The van der Waals surface area contributed by atoms with Crippen LogP contribution in [-0.4, -0.2) is 23.5 Å². The van der Waals surface area contributed by atoms with Crippen LogP contribution in [0.4, 0.5) is 0 Å². The third-order valence-corrected chi connectivity index (χ3v) is 2.77. The second-order valence-electron chi connectivity index (χ2n) is 4.49. The van der Waals surface area contributed by atoms with E-state index in [0.29, 0.717) is 19.4 Å². The Morgan fingerprint density at radius 3 is 2.47 bits per heavy atom. The Hall–Kier alpha value is -1.13. The monoisotopic (exact) mass is 245 g/mol. The van der Waals surface area contributed by atoms with Crippen LogP contribution in [-0.2, 0) is 9.53 Å². The molecule has 0 amide bonds. The van der Waals surface area contributed by atoms with Gasteiger partial charge in [-0.2, -0.15) is 0 Å². The van der Waals surface area contributed by atoms with Gasteiger partial charge in [-0.3, -0.25) is 14.9 Å². The van der Waals surface area contributed by atoms with Gasteiger partial charge in [0.05, 0.1) is 12.5 Å². The lowest BCUT2D eigenvalue weighted by atomic mass is 10.0. The van der Waals surface area contributed by atoms with Crippen molar-refractivity contribution in [1.82, 2.24) is 0 Å². The summed E-state index contributed by atoms with van der Waals surface area (Å²) in [5, 5.41) is 10.4. The molecule has 0 aromatic carbocycles. The molecule has 2 atom stereocenters. The number of carbonyl (C=O) groups excluding carboxylic acids is 1. The molecule has 5 heteroatoms. The molecule has 0 heterocycles. The van der Waals surface area contributed by atoms with E-state index in [0.717, 1.165) is 19.3 Å². The van der Waals surface area contributed by atoms with E-state index in [1.807, 2.05) is 0 Å². The number of nitro groups is 1. The van der Waals surface area contributed by atoms with Gasteiger partial charge in [-0.05, 0) is 12.8 Å². The minimum Gasteiger partial charge on any atom is -0.465 e. The first-order valence-corrected chi connectivity index (χ1v) is 6.29.